The Kier molecular flexibility index (Phi) is 9.98. The Morgan fingerprint density at radius 2 is 1.62 bits per heavy atom. The summed E-state index contributed by atoms with van der Waals surface area (Å²) in [6.07, 6.45) is 10.7. The normalized spacial score (nSPS) is 10.8. The molecule has 0 fully saturated rings. The molecule has 0 spiro atoms. The number of unbranched alkanes of at least 4 members (excludes halogenated alkanes) is 7. The van der Waals surface area contributed by atoms with Crippen molar-refractivity contribution >= 4 is 0 Å². The molecule has 0 saturated carbocycles. The van der Waals surface area contributed by atoms with Crippen LogP contribution in [0.25, 0.3) is 0 Å². The number of benzene rings is 1. The van der Waals surface area contributed by atoms with Gasteiger partial charge in [-0.3, -0.25) is 0 Å². The first-order valence-corrected chi connectivity index (χ1v) is 8.65. The van der Waals surface area contributed by atoms with Crippen LogP contribution >= 0.6 is 0 Å². The Labute approximate surface area is 131 Å². The Morgan fingerprint density at radius 3 is 2.29 bits per heavy atom. The van der Waals surface area contributed by atoms with E-state index in [-0.39, 0.29) is 0 Å². The highest BCUT2D eigenvalue weighted by Crippen LogP contribution is 2.23. The quantitative estimate of drug-likeness (QED) is 0.532. The summed E-state index contributed by atoms with van der Waals surface area (Å²) in [5, 5.41) is 3.21. The summed E-state index contributed by atoms with van der Waals surface area (Å²) in [6.45, 7) is 6.11. The third kappa shape index (κ3) is 7.52. The topological polar surface area (TPSA) is 21.3 Å². The van der Waals surface area contributed by atoms with E-state index in [0.29, 0.717) is 0 Å². The van der Waals surface area contributed by atoms with E-state index in [1.165, 1.54) is 62.5 Å². The molecule has 1 N–H and O–H groups in total. The summed E-state index contributed by atoms with van der Waals surface area (Å²) >= 11 is 0. The van der Waals surface area contributed by atoms with Crippen molar-refractivity contribution < 1.29 is 4.74 Å². The molecular formula is C19H33NO. The summed E-state index contributed by atoms with van der Waals surface area (Å²) < 4.78 is 6.03. The molecule has 1 rings (SSSR count). The van der Waals surface area contributed by atoms with Crippen molar-refractivity contribution in [1.82, 2.24) is 5.32 Å². The third-order valence-corrected chi connectivity index (χ3v) is 3.90. The summed E-state index contributed by atoms with van der Waals surface area (Å²) in [7, 11) is 1.98. The number of hydrogen-bond donors (Lipinski definition) is 1. The average Bonchev–Trinajstić information content (AvgIpc) is 2.48. The fourth-order valence-corrected chi connectivity index (χ4v) is 2.66. The van der Waals surface area contributed by atoms with Crippen LogP contribution in [0.4, 0.5) is 0 Å². The van der Waals surface area contributed by atoms with Gasteiger partial charge < -0.3 is 10.1 Å². The molecule has 0 aliphatic heterocycles. The molecule has 0 unspecified atom stereocenters. The Bertz CT molecular complexity index is 376. The van der Waals surface area contributed by atoms with Gasteiger partial charge in [-0.25, -0.2) is 0 Å². The van der Waals surface area contributed by atoms with Crippen LogP contribution in [0, 0.1) is 6.92 Å². The molecule has 0 aromatic heterocycles. The lowest BCUT2D eigenvalue weighted by molar-refractivity contribution is 0.299. The van der Waals surface area contributed by atoms with Crippen LogP contribution in [-0.4, -0.2) is 13.7 Å². The molecule has 0 saturated heterocycles. The van der Waals surface area contributed by atoms with Gasteiger partial charge in [0.2, 0.25) is 0 Å². The van der Waals surface area contributed by atoms with Crippen LogP contribution in [0.3, 0.4) is 0 Å². The number of rotatable bonds is 12. The second-order valence-electron chi connectivity index (χ2n) is 5.92. The molecule has 1 aromatic rings. The highest BCUT2D eigenvalue weighted by Gasteiger charge is 2.05. The molecule has 0 aliphatic rings. The Balaban J connectivity index is 2.18. The number of aryl methyl sites for hydroxylation is 1. The lowest BCUT2D eigenvalue weighted by Crippen LogP contribution is -2.09. The minimum absolute atomic E-state index is 0.844. The van der Waals surface area contributed by atoms with Crippen LogP contribution in [-0.2, 0) is 6.54 Å². The van der Waals surface area contributed by atoms with E-state index in [2.05, 4.69) is 37.4 Å². The molecule has 0 aliphatic carbocycles. The largest absolute Gasteiger partial charge is 0.493 e. The molecule has 21 heavy (non-hydrogen) atoms. The zero-order valence-corrected chi connectivity index (χ0v) is 14.2. The van der Waals surface area contributed by atoms with E-state index < -0.39 is 0 Å². The van der Waals surface area contributed by atoms with Gasteiger partial charge >= 0.3 is 0 Å². The Hall–Kier alpha value is -1.02. The predicted molar refractivity (Wildman–Crippen MR) is 92.0 cm³/mol. The van der Waals surface area contributed by atoms with Crippen molar-refractivity contribution in [3.05, 3.63) is 29.3 Å². The van der Waals surface area contributed by atoms with Crippen LogP contribution < -0.4 is 10.1 Å². The minimum atomic E-state index is 0.844. The molecule has 120 valence electrons. The van der Waals surface area contributed by atoms with Crippen molar-refractivity contribution in [2.75, 3.05) is 13.7 Å². The summed E-state index contributed by atoms with van der Waals surface area (Å²) in [6, 6.07) is 6.37. The molecule has 0 heterocycles. The van der Waals surface area contributed by atoms with Gasteiger partial charge in [0.15, 0.2) is 0 Å². The van der Waals surface area contributed by atoms with Gasteiger partial charge in [0.25, 0.3) is 0 Å². The van der Waals surface area contributed by atoms with Crippen LogP contribution in [0.1, 0.15) is 69.4 Å². The molecule has 0 atom stereocenters. The highest BCUT2D eigenvalue weighted by molar-refractivity contribution is 5.40. The smallest absolute Gasteiger partial charge is 0.126 e. The maximum Gasteiger partial charge on any atom is 0.126 e. The SMILES string of the molecule is CCCCCCCCCCOc1c(C)cccc1CNC. The lowest BCUT2D eigenvalue weighted by atomic mass is 10.1. The van der Waals surface area contributed by atoms with E-state index in [1.54, 1.807) is 0 Å². The molecule has 1 aromatic carbocycles. The van der Waals surface area contributed by atoms with Crippen LogP contribution in [0.15, 0.2) is 18.2 Å². The second kappa shape index (κ2) is 11.6. The van der Waals surface area contributed by atoms with Crippen LogP contribution in [0.5, 0.6) is 5.75 Å². The molecular weight excluding hydrogens is 258 g/mol. The van der Waals surface area contributed by atoms with Gasteiger partial charge in [-0.15, -0.1) is 0 Å². The number of nitrogens with one attached hydrogen (secondary N) is 1. The maximum atomic E-state index is 6.03. The summed E-state index contributed by atoms with van der Waals surface area (Å²) in [5.41, 5.74) is 2.50. The minimum Gasteiger partial charge on any atom is -0.493 e. The van der Waals surface area contributed by atoms with Crippen molar-refractivity contribution in [3.63, 3.8) is 0 Å². The van der Waals surface area contributed by atoms with Crippen molar-refractivity contribution in [2.45, 2.75) is 71.8 Å². The summed E-state index contributed by atoms with van der Waals surface area (Å²) in [4.78, 5) is 0. The summed E-state index contributed by atoms with van der Waals surface area (Å²) in [5.74, 6) is 1.08. The fraction of sp³-hybridized carbons (Fsp3) is 0.684. The second-order valence-corrected chi connectivity index (χ2v) is 5.92. The standard InChI is InChI=1S/C19H33NO/c1-4-5-6-7-8-9-10-11-15-21-19-17(2)13-12-14-18(19)16-20-3/h12-14,20H,4-11,15-16H2,1-3H3. The molecule has 2 nitrogen and oxygen atoms in total. The predicted octanol–water partition coefficient (Wildman–Crippen LogP) is 5.23. The van der Waals surface area contributed by atoms with Crippen molar-refractivity contribution in [1.29, 1.82) is 0 Å². The monoisotopic (exact) mass is 291 g/mol. The first kappa shape index (κ1) is 18.0. The first-order chi connectivity index (χ1) is 10.3. The zero-order valence-electron chi connectivity index (χ0n) is 14.2. The highest BCUT2D eigenvalue weighted by atomic mass is 16.5. The van der Waals surface area contributed by atoms with E-state index in [0.717, 1.165) is 18.9 Å². The molecule has 0 bridgehead atoms. The lowest BCUT2D eigenvalue weighted by Gasteiger charge is -2.14. The molecule has 0 radical (unpaired) electrons. The van der Waals surface area contributed by atoms with Gasteiger partial charge in [0, 0.05) is 12.1 Å². The number of ether oxygens (including phenoxy) is 1. The zero-order chi connectivity index (χ0) is 15.3. The third-order valence-electron chi connectivity index (χ3n) is 3.90. The molecule has 2 heteroatoms. The van der Waals surface area contributed by atoms with E-state index in [4.69, 9.17) is 4.74 Å². The van der Waals surface area contributed by atoms with Crippen LogP contribution in [0.2, 0.25) is 0 Å². The fourth-order valence-electron chi connectivity index (χ4n) is 2.66. The van der Waals surface area contributed by atoms with Gasteiger partial charge in [-0.05, 0) is 26.0 Å². The van der Waals surface area contributed by atoms with E-state index in [1.807, 2.05) is 7.05 Å². The first-order valence-electron chi connectivity index (χ1n) is 8.65. The average molecular weight is 291 g/mol. The molecule has 0 amide bonds. The maximum absolute atomic E-state index is 6.03. The number of hydrogen-bond acceptors (Lipinski definition) is 2. The van der Waals surface area contributed by atoms with Gasteiger partial charge in [-0.1, -0.05) is 70.1 Å². The van der Waals surface area contributed by atoms with Gasteiger partial charge in [0.05, 0.1) is 6.61 Å². The Morgan fingerprint density at radius 1 is 0.952 bits per heavy atom. The van der Waals surface area contributed by atoms with E-state index >= 15 is 0 Å². The number of para-hydroxylation sites is 1. The van der Waals surface area contributed by atoms with Gasteiger partial charge in [0.1, 0.15) is 5.75 Å². The van der Waals surface area contributed by atoms with Gasteiger partial charge in [-0.2, -0.15) is 0 Å². The van der Waals surface area contributed by atoms with Crippen molar-refractivity contribution in [2.24, 2.45) is 0 Å². The van der Waals surface area contributed by atoms with Crippen molar-refractivity contribution in [3.8, 4) is 5.75 Å². The van der Waals surface area contributed by atoms with E-state index in [9.17, 15) is 0 Å².